The monoisotopic (exact) mass is 409 g/mol. The summed E-state index contributed by atoms with van der Waals surface area (Å²) in [5.74, 6) is 0.542. The zero-order chi connectivity index (χ0) is 18.3. The summed E-state index contributed by atoms with van der Waals surface area (Å²) in [5, 5.41) is 0.933. The van der Waals surface area contributed by atoms with Crippen LogP contribution in [0.1, 0.15) is 28.5 Å². The molecule has 0 bridgehead atoms. The molecule has 0 atom stereocenters. The van der Waals surface area contributed by atoms with Crippen molar-refractivity contribution in [2.24, 2.45) is 7.05 Å². The van der Waals surface area contributed by atoms with Crippen LogP contribution in [0.4, 0.5) is 0 Å². The second-order valence-corrected chi connectivity index (χ2v) is 7.54. The highest BCUT2D eigenvalue weighted by Gasteiger charge is 2.29. The van der Waals surface area contributed by atoms with Crippen LogP contribution < -0.4 is 4.74 Å². The maximum absolute atomic E-state index is 12.8. The normalized spacial score (nSPS) is 14.7. The van der Waals surface area contributed by atoms with Crippen molar-refractivity contribution in [1.29, 1.82) is 0 Å². The summed E-state index contributed by atoms with van der Waals surface area (Å²) in [6.45, 7) is 4.10. The number of halogens is 1. The zero-order valence-electron chi connectivity index (χ0n) is 15.4. The maximum Gasteiger partial charge on any atom is 0.340 e. The van der Waals surface area contributed by atoms with E-state index in [1.807, 2.05) is 41.2 Å². The first kappa shape index (κ1) is 18.2. The molecule has 3 rings (SSSR count). The quantitative estimate of drug-likeness (QED) is 0.726. The molecule has 0 spiro atoms. The topological polar surface area (TPSA) is 46.9 Å². The molecule has 7 heteroatoms. The van der Waals surface area contributed by atoms with Gasteiger partial charge in [-0.2, -0.15) is 0 Å². The molecular weight excluding hydrogens is 386 g/mol. The maximum atomic E-state index is 12.8. The van der Waals surface area contributed by atoms with Crippen LogP contribution in [0.3, 0.4) is 0 Å². The summed E-state index contributed by atoms with van der Waals surface area (Å²) < 4.78 is 14.3. The second kappa shape index (κ2) is 6.97. The summed E-state index contributed by atoms with van der Waals surface area (Å²) >= 11 is 3.63. The second-order valence-electron chi connectivity index (χ2n) is 6.69. The predicted octanol–water partition coefficient (Wildman–Crippen LogP) is 2.96. The molecule has 0 amide bonds. The Morgan fingerprint density at radius 2 is 2.12 bits per heavy atom. The number of carbonyl (C=O) groups is 1. The van der Waals surface area contributed by atoms with E-state index >= 15 is 0 Å². The third kappa shape index (κ3) is 3.16. The SMILES string of the molecule is CCOC(=O)c1c(CN(C)C)n(C)c2cc(Br)c3c(c12)CN(C)CO3. The van der Waals surface area contributed by atoms with Crippen LogP contribution >= 0.6 is 15.9 Å². The third-order valence-corrected chi connectivity index (χ3v) is 5.01. The Balaban J connectivity index is 2.36. The lowest BCUT2D eigenvalue weighted by Crippen LogP contribution is -2.28. The molecule has 0 radical (unpaired) electrons. The molecule has 0 saturated carbocycles. The number of nitrogens with zero attached hydrogens (tertiary/aromatic N) is 3. The Morgan fingerprint density at radius 1 is 1.40 bits per heavy atom. The predicted molar refractivity (Wildman–Crippen MR) is 101 cm³/mol. The van der Waals surface area contributed by atoms with Gasteiger partial charge in [0.2, 0.25) is 0 Å². The van der Waals surface area contributed by atoms with Crippen molar-refractivity contribution in [1.82, 2.24) is 14.4 Å². The van der Waals surface area contributed by atoms with E-state index in [2.05, 4.69) is 30.3 Å². The molecular formula is C18H24BrN3O3. The van der Waals surface area contributed by atoms with Gasteiger partial charge in [-0.15, -0.1) is 0 Å². The van der Waals surface area contributed by atoms with Crippen molar-refractivity contribution >= 4 is 32.8 Å². The fourth-order valence-corrected chi connectivity index (χ4v) is 3.95. The minimum Gasteiger partial charge on any atom is -0.477 e. The van der Waals surface area contributed by atoms with E-state index in [0.29, 0.717) is 25.4 Å². The molecule has 0 unspecified atom stereocenters. The molecule has 0 aliphatic carbocycles. The fourth-order valence-electron chi connectivity index (χ4n) is 3.38. The number of rotatable bonds is 4. The number of aryl methyl sites for hydroxylation is 1. The number of fused-ring (bicyclic) bond motifs is 3. The molecule has 1 aliphatic rings. The number of hydrogen-bond acceptors (Lipinski definition) is 5. The van der Waals surface area contributed by atoms with Crippen molar-refractivity contribution in [3.05, 3.63) is 27.4 Å². The van der Waals surface area contributed by atoms with Gasteiger partial charge in [-0.3, -0.25) is 4.90 Å². The van der Waals surface area contributed by atoms with Gasteiger partial charge in [0, 0.05) is 36.8 Å². The largest absolute Gasteiger partial charge is 0.477 e. The number of carbonyl (C=O) groups excluding carboxylic acids is 1. The van der Waals surface area contributed by atoms with Crippen molar-refractivity contribution in [2.45, 2.75) is 20.0 Å². The van der Waals surface area contributed by atoms with Crippen molar-refractivity contribution in [3.63, 3.8) is 0 Å². The van der Waals surface area contributed by atoms with Gasteiger partial charge in [0.25, 0.3) is 0 Å². The van der Waals surface area contributed by atoms with Crippen LogP contribution in [0.2, 0.25) is 0 Å². The highest BCUT2D eigenvalue weighted by molar-refractivity contribution is 9.10. The number of hydrogen-bond donors (Lipinski definition) is 0. The van der Waals surface area contributed by atoms with Crippen LogP contribution in [0.5, 0.6) is 5.75 Å². The van der Waals surface area contributed by atoms with Crippen molar-refractivity contribution < 1.29 is 14.3 Å². The van der Waals surface area contributed by atoms with E-state index in [-0.39, 0.29) is 5.97 Å². The van der Waals surface area contributed by atoms with E-state index < -0.39 is 0 Å². The summed E-state index contributed by atoms with van der Waals surface area (Å²) in [6, 6.07) is 2.03. The first-order valence-electron chi connectivity index (χ1n) is 8.31. The molecule has 2 aromatic rings. The molecule has 25 heavy (non-hydrogen) atoms. The molecule has 6 nitrogen and oxygen atoms in total. The van der Waals surface area contributed by atoms with Gasteiger partial charge in [-0.05, 0) is 50.1 Å². The average molecular weight is 410 g/mol. The Hall–Kier alpha value is -1.57. The Labute approximate surface area is 156 Å². The molecule has 0 N–H and O–H groups in total. The van der Waals surface area contributed by atoms with Gasteiger partial charge >= 0.3 is 5.97 Å². The van der Waals surface area contributed by atoms with E-state index in [1.54, 1.807) is 0 Å². The lowest BCUT2D eigenvalue weighted by Gasteiger charge is -2.27. The van der Waals surface area contributed by atoms with Crippen LogP contribution in [-0.2, 0) is 24.9 Å². The molecule has 2 heterocycles. The highest BCUT2D eigenvalue weighted by Crippen LogP contribution is 2.42. The van der Waals surface area contributed by atoms with Crippen LogP contribution in [-0.4, -0.2) is 54.8 Å². The van der Waals surface area contributed by atoms with Gasteiger partial charge in [-0.25, -0.2) is 4.79 Å². The lowest BCUT2D eigenvalue weighted by molar-refractivity contribution is 0.0526. The van der Waals surface area contributed by atoms with Crippen molar-refractivity contribution in [3.8, 4) is 5.75 Å². The van der Waals surface area contributed by atoms with Gasteiger partial charge in [0.1, 0.15) is 12.5 Å². The van der Waals surface area contributed by atoms with E-state index in [9.17, 15) is 4.79 Å². The molecule has 1 aliphatic heterocycles. The number of ether oxygens (including phenoxy) is 2. The third-order valence-electron chi connectivity index (χ3n) is 4.42. The van der Waals surface area contributed by atoms with Gasteiger partial charge in [0.05, 0.1) is 22.2 Å². The Kier molecular flexibility index (Phi) is 5.09. The van der Waals surface area contributed by atoms with E-state index in [1.165, 1.54) is 0 Å². The number of benzene rings is 1. The first-order valence-corrected chi connectivity index (χ1v) is 9.10. The van der Waals surface area contributed by atoms with Gasteiger partial charge < -0.3 is 18.9 Å². The summed E-state index contributed by atoms with van der Waals surface area (Å²) in [4.78, 5) is 16.9. The minimum atomic E-state index is -0.275. The van der Waals surface area contributed by atoms with Gasteiger partial charge in [0.15, 0.2) is 0 Å². The molecule has 0 saturated heterocycles. The highest BCUT2D eigenvalue weighted by atomic mass is 79.9. The summed E-state index contributed by atoms with van der Waals surface area (Å²) in [6.07, 6.45) is 0. The Bertz CT molecular complexity index is 829. The Morgan fingerprint density at radius 3 is 2.76 bits per heavy atom. The van der Waals surface area contributed by atoms with Crippen LogP contribution in [0.15, 0.2) is 10.5 Å². The van der Waals surface area contributed by atoms with E-state index in [4.69, 9.17) is 9.47 Å². The van der Waals surface area contributed by atoms with E-state index in [0.717, 1.165) is 38.9 Å². The summed E-state index contributed by atoms with van der Waals surface area (Å²) in [7, 11) is 7.99. The van der Waals surface area contributed by atoms with Crippen LogP contribution in [0.25, 0.3) is 10.9 Å². The number of aromatic nitrogens is 1. The molecule has 0 fully saturated rings. The summed E-state index contributed by atoms with van der Waals surface area (Å²) in [5.41, 5.74) is 3.63. The fraction of sp³-hybridized carbons (Fsp3) is 0.500. The lowest BCUT2D eigenvalue weighted by atomic mass is 10.0. The molecule has 1 aromatic heterocycles. The first-order chi connectivity index (χ1) is 11.8. The zero-order valence-corrected chi connectivity index (χ0v) is 16.9. The molecule has 1 aromatic carbocycles. The standard InChI is InChI=1S/C18H24BrN3O3/c1-6-24-18(23)16-14(9-20(2)3)22(5)13-7-12(19)17-11(15(13)16)8-21(4)10-25-17/h7H,6,8-10H2,1-5H3. The number of esters is 1. The van der Waals surface area contributed by atoms with Crippen molar-refractivity contribution in [2.75, 3.05) is 34.5 Å². The smallest absolute Gasteiger partial charge is 0.340 e. The minimum absolute atomic E-state index is 0.275. The van der Waals surface area contributed by atoms with Gasteiger partial charge in [-0.1, -0.05) is 0 Å². The molecule has 136 valence electrons. The average Bonchev–Trinajstić information content (AvgIpc) is 2.80. The van der Waals surface area contributed by atoms with Crippen LogP contribution in [0, 0.1) is 0 Å².